The van der Waals surface area contributed by atoms with Crippen molar-refractivity contribution in [1.82, 2.24) is 30.6 Å². The molecule has 0 saturated carbocycles. The summed E-state index contributed by atoms with van der Waals surface area (Å²) in [5.41, 5.74) is 4.39. The first-order chi connectivity index (χ1) is 18.4. The van der Waals surface area contributed by atoms with Crippen LogP contribution in [0.25, 0.3) is 22.2 Å². The Morgan fingerprint density at radius 1 is 1.03 bits per heavy atom. The van der Waals surface area contributed by atoms with Gasteiger partial charge in [0.2, 0.25) is 0 Å². The molecule has 4 rings (SSSR count). The molecule has 1 unspecified atom stereocenters. The number of benzene rings is 1. The molecule has 2 atom stereocenters. The Kier molecular flexibility index (Phi) is 8.81. The number of nitrogens with zero attached hydrogens (tertiary/aromatic N) is 5. The predicted octanol–water partition coefficient (Wildman–Crippen LogP) is 3.95. The van der Waals surface area contributed by atoms with Gasteiger partial charge in [-0.05, 0) is 42.6 Å². The molecule has 0 aliphatic rings. The van der Waals surface area contributed by atoms with E-state index in [0.717, 1.165) is 59.0 Å². The summed E-state index contributed by atoms with van der Waals surface area (Å²) in [4.78, 5) is 32.6. The lowest BCUT2D eigenvalue weighted by molar-refractivity contribution is 0.0964. The van der Waals surface area contributed by atoms with Crippen LogP contribution in [0.5, 0.6) is 0 Å². The summed E-state index contributed by atoms with van der Waals surface area (Å²) in [5, 5.41) is 10.2. The molecule has 38 heavy (non-hydrogen) atoms. The van der Waals surface area contributed by atoms with Gasteiger partial charge in [-0.3, -0.25) is 9.78 Å². The lowest BCUT2D eigenvalue weighted by Gasteiger charge is -2.22. The van der Waals surface area contributed by atoms with Crippen LogP contribution in [0.4, 0.5) is 11.6 Å². The Morgan fingerprint density at radius 3 is 2.61 bits per heavy atom. The first-order valence-corrected chi connectivity index (χ1v) is 12.9. The zero-order valence-corrected chi connectivity index (χ0v) is 22.7. The van der Waals surface area contributed by atoms with Crippen molar-refractivity contribution in [2.75, 3.05) is 51.0 Å². The average Bonchev–Trinajstić information content (AvgIpc) is 2.97. The van der Waals surface area contributed by atoms with Crippen LogP contribution in [0.1, 0.15) is 35.7 Å². The highest BCUT2D eigenvalue weighted by Crippen LogP contribution is 2.31. The Balaban J connectivity index is 1.45. The largest absolute Gasteiger partial charge is 0.370 e. The van der Waals surface area contributed by atoms with Gasteiger partial charge in [0, 0.05) is 63.1 Å². The van der Waals surface area contributed by atoms with Crippen LogP contribution in [0.2, 0.25) is 0 Å². The standard InChI is InChI=1S/C29H36N8O/c1-19(20(2)22-7-6-8-23-24(29(38)31-4)11-12-32-28(22)23)16-33-26-15-25(35-18-36-26)21-9-10-27(34-17-21)37(5)14-13-30-3/h6-12,15,17-20,30H,13-14,16H2,1-5H3,(H,31,38)(H,33,35,36)/t19-,20?/m1/s1. The van der Waals surface area contributed by atoms with Crippen molar-refractivity contribution in [2.45, 2.75) is 19.8 Å². The second-order valence-electron chi connectivity index (χ2n) is 9.55. The van der Waals surface area contributed by atoms with Crippen molar-refractivity contribution >= 4 is 28.4 Å². The van der Waals surface area contributed by atoms with Gasteiger partial charge in [0.25, 0.3) is 5.91 Å². The number of hydrogen-bond acceptors (Lipinski definition) is 8. The molecule has 0 radical (unpaired) electrons. The van der Waals surface area contributed by atoms with Gasteiger partial charge in [-0.15, -0.1) is 0 Å². The lowest BCUT2D eigenvalue weighted by atomic mass is 9.87. The van der Waals surface area contributed by atoms with Crippen LogP contribution in [0.3, 0.4) is 0 Å². The molecule has 3 aromatic heterocycles. The van der Waals surface area contributed by atoms with Crippen molar-refractivity contribution in [2.24, 2.45) is 5.92 Å². The molecule has 198 valence electrons. The molecule has 1 amide bonds. The molecule has 0 aliphatic carbocycles. The molecule has 9 nitrogen and oxygen atoms in total. The molecule has 0 bridgehead atoms. The van der Waals surface area contributed by atoms with Crippen molar-refractivity contribution in [3.8, 4) is 11.3 Å². The molecule has 0 fully saturated rings. The zero-order valence-electron chi connectivity index (χ0n) is 22.7. The van der Waals surface area contributed by atoms with E-state index in [0.29, 0.717) is 5.56 Å². The summed E-state index contributed by atoms with van der Waals surface area (Å²) in [7, 11) is 5.62. The fraction of sp³-hybridized carbons (Fsp3) is 0.345. The number of carbonyl (C=O) groups is 1. The van der Waals surface area contributed by atoms with Crippen LogP contribution < -0.4 is 20.9 Å². The number of para-hydroxylation sites is 1. The van der Waals surface area contributed by atoms with Crippen molar-refractivity contribution in [1.29, 1.82) is 0 Å². The van der Waals surface area contributed by atoms with Crippen LogP contribution >= 0.6 is 0 Å². The summed E-state index contributed by atoms with van der Waals surface area (Å²) in [6.07, 6.45) is 5.13. The predicted molar refractivity (Wildman–Crippen MR) is 154 cm³/mol. The van der Waals surface area contributed by atoms with Gasteiger partial charge in [-0.2, -0.15) is 0 Å². The van der Waals surface area contributed by atoms with Gasteiger partial charge < -0.3 is 20.9 Å². The van der Waals surface area contributed by atoms with Gasteiger partial charge in [0.1, 0.15) is 18.0 Å². The van der Waals surface area contributed by atoms with E-state index < -0.39 is 0 Å². The van der Waals surface area contributed by atoms with Crippen molar-refractivity contribution < 1.29 is 4.79 Å². The molecule has 1 aromatic carbocycles. The molecule has 3 heterocycles. The monoisotopic (exact) mass is 512 g/mol. The van der Waals surface area contributed by atoms with Gasteiger partial charge in [0.05, 0.1) is 16.8 Å². The number of hydrogen-bond donors (Lipinski definition) is 3. The SMILES string of the molecule is CNCCN(C)c1ccc(-c2cc(NC[C@@H](C)C(C)c3cccc4c(C(=O)NC)ccnc34)ncn2)cn1. The lowest BCUT2D eigenvalue weighted by Crippen LogP contribution is -2.27. The first-order valence-electron chi connectivity index (χ1n) is 12.9. The minimum atomic E-state index is -0.109. The summed E-state index contributed by atoms with van der Waals surface area (Å²) in [6.45, 7) is 6.89. The second kappa shape index (κ2) is 12.4. The number of anilines is 2. The fourth-order valence-electron chi connectivity index (χ4n) is 4.42. The maximum absolute atomic E-state index is 12.3. The normalized spacial score (nSPS) is 12.7. The molecule has 0 saturated heterocycles. The maximum Gasteiger partial charge on any atom is 0.251 e. The zero-order chi connectivity index (χ0) is 27.1. The third-order valence-electron chi connectivity index (χ3n) is 7.02. The number of carbonyl (C=O) groups excluding carboxylic acids is 1. The Bertz CT molecular complexity index is 1370. The summed E-state index contributed by atoms with van der Waals surface area (Å²) in [5.74, 6) is 2.06. The minimum Gasteiger partial charge on any atom is -0.370 e. The van der Waals surface area contributed by atoms with Crippen LogP contribution in [0, 0.1) is 5.92 Å². The Morgan fingerprint density at radius 2 is 1.87 bits per heavy atom. The summed E-state index contributed by atoms with van der Waals surface area (Å²) < 4.78 is 0. The summed E-state index contributed by atoms with van der Waals surface area (Å²) >= 11 is 0. The van der Waals surface area contributed by atoms with Crippen LogP contribution in [0.15, 0.2) is 61.2 Å². The smallest absolute Gasteiger partial charge is 0.251 e. The number of amides is 1. The van der Waals surface area contributed by atoms with Crippen LogP contribution in [-0.4, -0.2) is 66.6 Å². The maximum atomic E-state index is 12.3. The number of rotatable bonds is 11. The molecule has 9 heteroatoms. The van der Waals surface area contributed by atoms with E-state index in [2.05, 4.69) is 60.7 Å². The van der Waals surface area contributed by atoms with Crippen molar-refractivity contribution in [3.63, 3.8) is 0 Å². The third-order valence-corrected chi connectivity index (χ3v) is 7.02. The Hall–Kier alpha value is -4.11. The van der Waals surface area contributed by atoms with Gasteiger partial charge in [-0.25, -0.2) is 15.0 Å². The number of nitrogens with one attached hydrogen (secondary N) is 3. The minimum absolute atomic E-state index is 0.109. The highest BCUT2D eigenvalue weighted by Gasteiger charge is 2.19. The van der Waals surface area contributed by atoms with Gasteiger partial charge in [0.15, 0.2) is 0 Å². The highest BCUT2D eigenvalue weighted by molar-refractivity contribution is 6.06. The molecular weight excluding hydrogens is 476 g/mol. The van der Waals surface area contributed by atoms with Crippen molar-refractivity contribution in [3.05, 3.63) is 72.3 Å². The molecule has 3 N–H and O–H groups in total. The molecular formula is C29H36N8O. The van der Waals surface area contributed by atoms with Gasteiger partial charge >= 0.3 is 0 Å². The van der Waals surface area contributed by atoms with Gasteiger partial charge in [-0.1, -0.05) is 32.0 Å². The second-order valence-corrected chi connectivity index (χ2v) is 9.55. The molecule has 0 aliphatic heterocycles. The van der Waals surface area contributed by atoms with E-state index in [4.69, 9.17) is 0 Å². The third kappa shape index (κ3) is 6.06. The molecule has 4 aromatic rings. The number of pyridine rings is 2. The van der Waals surface area contributed by atoms with E-state index in [1.54, 1.807) is 25.6 Å². The van der Waals surface area contributed by atoms with E-state index in [1.807, 2.05) is 50.6 Å². The van der Waals surface area contributed by atoms with E-state index >= 15 is 0 Å². The quantitative estimate of drug-likeness (QED) is 0.277. The number of likely N-dealkylation sites (N-methyl/N-ethyl adjacent to an activating group) is 2. The van der Waals surface area contributed by atoms with Crippen LogP contribution in [-0.2, 0) is 0 Å². The number of fused-ring (bicyclic) bond motifs is 1. The average molecular weight is 513 g/mol. The topological polar surface area (TPSA) is 108 Å². The fourth-order valence-corrected chi connectivity index (χ4v) is 4.42. The van der Waals surface area contributed by atoms with E-state index in [-0.39, 0.29) is 17.7 Å². The highest BCUT2D eigenvalue weighted by atomic mass is 16.1. The molecule has 0 spiro atoms. The first kappa shape index (κ1) is 26.9. The van der Waals surface area contributed by atoms with E-state index in [9.17, 15) is 4.79 Å². The Labute approximate surface area is 224 Å². The van der Waals surface area contributed by atoms with E-state index in [1.165, 1.54) is 0 Å². The summed E-state index contributed by atoms with van der Waals surface area (Å²) in [6, 6.07) is 13.8. The number of aromatic nitrogens is 4.